The van der Waals surface area contributed by atoms with Crippen molar-refractivity contribution >= 4 is 46.3 Å². The number of aryl methyl sites for hydroxylation is 1. The van der Waals surface area contributed by atoms with Gasteiger partial charge in [-0.3, -0.25) is 15.1 Å². The Morgan fingerprint density at radius 1 is 1.00 bits per heavy atom. The van der Waals surface area contributed by atoms with Crippen molar-refractivity contribution in [3.63, 3.8) is 0 Å². The molecule has 1 aliphatic carbocycles. The molecule has 1 heterocycles. The van der Waals surface area contributed by atoms with Crippen molar-refractivity contribution < 1.29 is 14.3 Å². The van der Waals surface area contributed by atoms with Crippen LogP contribution in [0.1, 0.15) is 49.3 Å². The summed E-state index contributed by atoms with van der Waals surface area (Å²) in [5.74, 6) is -1.33. The third-order valence-corrected chi connectivity index (χ3v) is 7.91. The van der Waals surface area contributed by atoms with Crippen molar-refractivity contribution in [3.8, 4) is 0 Å². The summed E-state index contributed by atoms with van der Waals surface area (Å²) in [7, 11) is 0. The first-order valence-electron chi connectivity index (χ1n) is 12.3. The first kappa shape index (κ1) is 26.2. The maximum atomic E-state index is 13.9. The fourth-order valence-electron chi connectivity index (χ4n) is 5.38. The molecule has 0 radical (unpaired) electrons. The lowest BCUT2D eigenvalue weighted by atomic mass is 9.67. The first-order chi connectivity index (χ1) is 18.0. The summed E-state index contributed by atoms with van der Waals surface area (Å²) >= 11 is 12.6. The lowest BCUT2D eigenvalue weighted by Gasteiger charge is -2.45. The Morgan fingerprint density at radius 3 is 2.29 bits per heavy atom. The highest BCUT2D eigenvalue weighted by Crippen LogP contribution is 2.51. The van der Waals surface area contributed by atoms with Crippen molar-refractivity contribution in [2.45, 2.75) is 39.5 Å². The average molecular weight is 549 g/mol. The Labute approximate surface area is 231 Å². The molecule has 2 aliphatic rings. The number of aliphatic hydroxyl groups is 1. The van der Waals surface area contributed by atoms with Crippen LogP contribution in [0.2, 0.25) is 10.0 Å². The minimum atomic E-state index is -0.748. The van der Waals surface area contributed by atoms with Gasteiger partial charge in [-0.25, -0.2) is 4.39 Å². The van der Waals surface area contributed by atoms with E-state index in [0.29, 0.717) is 51.0 Å². The van der Waals surface area contributed by atoms with Gasteiger partial charge in [0.25, 0.3) is 0 Å². The lowest BCUT2D eigenvalue weighted by Crippen LogP contribution is -2.45. The van der Waals surface area contributed by atoms with Gasteiger partial charge < -0.3 is 5.11 Å². The van der Waals surface area contributed by atoms with E-state index < -0.39 is 11.7 Å². The van der Waals surface area contributed by atoms with Crippen LogP contribution in [0.15, 0.2) is 83.6 Å². The van der Waals surface area contributed by atoms with Gasteiger partial charge in [0, 0.05) is 40.4 Å². The Kier molecular flexibility index (Phi) is 6.70. The van der Waals surface area contributed by atoms with Crippen LogP contribution in [0.25, 0.3) is 5.76 Å². The van der Waals surface area contributed by atoms with Gasteiger partial charge in [0.15, 0.2) is 5.78 Å². The zero-order chi connectivity index (χ0) is 27.4. The van der Waals surface area contributed by atoms with Gasteiger partial charge in [-0.05, 0) is 54.7 Å². The average Bonchev–Trinajstić information content (AvgIpc) is 2.85. The van der Waals surface area contributed by atoms with E-state index in [0.717, 1.165) is 5.56 Å². The van der Waals surface area contributed by atoms with Gasteiger partial charge in [0.05, 0.1) is 10.0 Å². The Hall–Kier alpha value is -3.41. The van der Waals surface area contributed by atoms with Gasteiger partial charge in [0.2, 0.25) is 0 Å². The van der Waals surface area contributed by atoms with Gasteiger partial charge >= 0.3 is 0 Å². The molecule has 1 unspecified atom stereocenters. The monoisotopic (exact) mass is 548 g/mol. The number of carbonyl (C=O) groups is 1. The number of hydrogen-bond donors (Lipinski definition) is 2. The number of amidine groups is 1. The number of anilines is 1. The number of allylic oxidation sites excluding steroid dienone is 2. The van der Waals surface area contributed by atoms with Crippen LogP contribution in [0, 0.1) is 23.6 Å². The van der Waals surface area contributed by atoms with Crippen LogP contribution < -0.4 is 4.90 Å². The molecule has 38 heavy (non-hydrogen) atoms. The fraction of sp³-hybridized carbons (Fsp3) is 0.226. The van der Waals surface area contributed by atoms with Crippen LogP contribution in [-0.4, -0.2) is 16.7 Å². The van der Waals surface area contributed by atoms with Crippen molar-refractivity contribution in [2.75, 3.05) is 4.90 Å². The smallest absolute Gasteiger partial charge is 0.162 e. The van der Waals surface area contributed by atoms with E-state index in [1.165, 1.54) is 12.1 Å². The standard InChI is InChI=1S/C31H27Cl2FN2O2/c1-17-4-6-19(7-5-17)29(38)28-26(18-8-10-20(34)11-9-18)27-24(15-31(2,3)16-25(27)37)36(30(28)35)21-12-13-22(32)23(33)14-21/h4-14,26,35,38H,15-16H2,1-3H3/b29-28+,35-30?. The summed E-state index contributed by atoms with van der Waals surface area (Å²) in [6.07, 6.45) is 0.831. The predicted octanol–water partition coefficient (Wildman–Crippen LogP) is 8.63. The molecule has 0 saturated heterocycles. The molecule has 4 nitrogen and oxygen atoms in total. The normalized spacial score (nSPS) is 20.5. The van der Waals surface area contributed by atoms with Crippen LogP contribution in [-0.2, 0) is 4.79 Å². The number of hydrogen-bond acceptors (Lipinski definition) is 3. The van der Waals surface area contributed by atoms with Crippen LogP contribution >= 0.6 is 23.2 Å². The second-order valence-electron chi connectivity index (χ2n) is 10.7. The highest BCUT2D eigenvalue weighted by atomic mass is 35.5. The molecule has 194 valence electrons. The molecule has 2 N–H and O–H groups in total. The van der Waals surface area contributed by atoms with E-state index in [9.17, 15) is 19.7 Å². The van der Waals surface area contributed by atoms with E-state index in [-0.39, 0.29) is 28.4 Å². The van der Waals surface area contributed by atoms with Crippen LogP contribution in [0.3, 0.4) is 0 Å². The van der Waals surface area contributed by atoms with E-state index in [1.807, 2.05) is 32.9 Å². The quantitative estimate of drug-likeness (QED) is 0.322. The summed E-state index contributed by atoms with van der Waals surface area (Å²) in [6.45, 7) is 5.99. The first-order valence-corrected chi connectivity index (χ1v) is 13.1. The molecule has 0 fully saturated rings. The second-order valence-corrected chi connectivity index (χ2v) is 11.5. The molecule has 0 bridgehead atoms. The fourth-order valence-corrected chi connectivity index (χ4v) is 5.67. The molecule has 7 heteroatoms. The summed E-state index contributed by atoms with van der Waals surface area (Å²) in [5.41, 5.74) is 3.80. The zero-order valence-electron chi connectivity index (χ0n) is 21.3. The third-order valence-electron chi connectivity index (χ3n) is 7.17. The summed E-state index contributed by atoms with van der Waals surface area (Å²) in [6, 6.07) is 18.3. The summed E-state index contributed by atoms with van der Waals surface area (Å²) in [5, 5.41) is 21.8. The Balaban J connectivity index is 1.85. The lowest BCUT2D eigenvalue weighted by molar-refractivity contribution is -0.118. The minimum Gasteiger partial charge on any atom is -0.507 e. The highest BCUT2D eigenvalue weighted by molar-refractivity contribution is 6.42. The number of rotatable bonds is 3. The van der Waals surface area contributed by atoms with Gasteiger partial charge in [-0.2, -0.15) is 0 Å². The summed E-state index contributed by atoms with van der Waals surface area (Å²) < 4.78 is 13.9. The number of aliphatic hydroxyl groups excluding tert-OH is 1. The molecule has 3 aromatic rings. The molecule has 0 saturated carbocycles. The molecular weight excluding hydrogens is 522 g/mol. The predicted molar refractivity (Wildman–Crippen MR) is 152 cm³/mol. The Bertz CT molecular complexity index is 1520. The topological polar surface area (TPSA) is 64.4 Å². The second kappa shape index (κ2) is 9.72. The van der Waals surface area contributed by atoms with Crippen molar-refractivity contribution in [2.24, 2.45) is 5.41 Å². The van der Waals surface area contributed by atoms with E-state index in [2.05, 4.69) is 0 Å². The van der Waals surface area contributed by atoms with Crippen LogP contribution in [0.4, 0.5) is 10.1 Å². The van der Waals surface area contributed by atoms with Gasteiger partial charge in [-0.1, -0.05) is 79.0 Å². The number of Topliss-reactive ketones (excluding diaryl/α,β-unsaturated/α-hetero) is 1. The van der Waals surface area contributed by atoms with Crippen molar-refractivity contribution in [3.05, 3.63) is 116 Å². The maximum absolute atomic E-state index is 13.9. The molecule has 1 atom stereocenters. The molecule has 5 rings (SSSR count). The van der Waals surface area contributed by atoms with Gasteiger partial charge in [-0.15, -0.1) is 0 Å². The largest absolute Gasteiger partial charge is 0.507 e. The van der Waals surface area contributed by atoms with E-state index >= 15 is 0 Å². The summed E-state index contributed by atoms with van der Waals surface area (Å²) in [4.78, 5) is 15.6. The van der Waals surface area contributed by atoms with E-state index in [4.69, 9.17) is 23.2 Å². The van der Waals surface area contributed by atoms with Crippen molar-refractivity contribution in [1.29, 1.82) is 5.41 Å². The molecule has 0 amide bonds. The number of halogens is 3. The number of benzene rings is 3. The molecule has 0 aromatic heterocycles. The zero-order valence-corrected chi connectivity index (χ0v) is 22.8. The molecular formula is C31H27Cl2FN2O2. The molecule has 1 aliphatic heterocycles. The SMILES string of the molecule is Cc1ccc(/C(O)=C2\C(=N)N(c3ccc(Cl)c(Cl)c3)C3=C(C(=O)CC(C)(C)C3)C2c2ccc(F)cc2)cc1. The number of nitrogens with zero attached hydrogens (tertiary/aromatic N) is 1. The Morgan fingerprint density at radius 2 is 1.66 bits per heavy atom. The van der Waals surface area contributed by atoms with E-state index in [1.54, 1.807) is 47.4 Å². The number of carbonyl (C=O) groups excluding carboxylic acids is 1. The van der Waals surface area contributed by atoms with Crippen LogP contribution in [0.5, 0.6) is 0 Å². The van der Waals surface area contributed by atoms with Crippen molar-refractivity contribution in [1.82, 2.24) is 0 Å². The number of ketones is 1. The van der Waals surface area contributed by atoms with Gasteiger partial charge in [0.1, 0.15) is 17.4 Å². The number of nitrogens with one attached hydrogen (secondary N) is 1. The maximum Gasteiger partial charge on any atom is 0.162 e. The minimum absolute atomic E-state index is 0.0139. The highest BCUT2D eigenvalue weighted by Gasteiger charge is 2.46. The molecule has 0 spiro atoms. The third kappa shape index (κ3) is 4.65. The molecule has 3 aromatic carbocycles.